The zero-order valence-corrected chi connectivity index (χ0v) is 13.5. The number of nitrogens with zero attached hydrogens (tertiary/aromatic N) is 1. The minimum Gasteiger partial charge on any atom is -0.478 e. The van der Waals surface area contributed by atoms with Gasteiger partial charge in [0, 0.05) is 5.92 Å². The van der Waals surface area contributed by atoms with Gasteiger partial charge < -0.3 is 14.8 Å². The van der Waals surface area contributed by atoms with Gasteiger partial charge in [-0.1, -0.05) is 13.8 Å². The van der Waals surface area contributed by atoms with Crippen molar-refractivity contribution in [3.8, 4) is 11.6 Å². The Hall–Kier alpha value is -1.90. The Bertz CT molecular complexity index is 740. The number of carboxylic acid groups (broad SMARTS) is 1. The van der Waals surface area contributed by atoms with Gasteiger partial charge in [0.2, 0.25) is 5.88 Å². The largest absolute Gasteiger partial charge is 0.478 e. The van der Waals surface area contributed by atoms with E-state index in [2.05, 4.69) is 9.97 Å². The van der Waals surface area contributed by atoms with Crippen LogP contribution in [0, 0.1) is 3.57 Å². The average Bonchev–Trinajstić information content (AvgIpc) is 2.40. The lowest BCUT2D eigenvalue weighted by Crippen LogP contribution is -2.12. The number of hydrogen-bond donors (Lipinski definition) is 2. The fourth-order valence-electron chi connectivity index (χ4n) is 1.61. The normalized spacial score (nSPS) is 10.7. The molecule has 6 nitrogen and oxygen atoms in total. The van der Waals surface area contributed by atoms with E-state index >= 15 is 0 Å². The van der Waals surface area contributed by atoms with Crippen molar-refractivity contribution in [2.45, 2.75) is 19.8 Å². The number of H-pyrrole nitrogens is 1. The predicted octanol–water partition coefficient (Wildman–Crippen LogP) is 2.99. The van der Waals surface area contributed by atoms with E-state index < -0.39 is 5.97 Å². The van der Waals surface area contributed by atoms with Gasteiger partial charge in [-0.15, -0.1) is 0 Å². The second kappa shape index (κ2) is 6.25. The minimum atomic E-state index is -1.04. The molecule has 21 heavy (non-hydrogen) atoms. The van der Waals surface area contributed by atoms with E-state index in [0.29, 0.717) is 11.6 Å². The number of halogens is 1. The van der Waals surface area contributed by atoms with Gasteiger partial charge in [-0.05, 0) is 40.8 Å². The van der Waals surface area contributed by atoms with Crippen molar-refractivity contribution in [3.05, 3.63) is 49.6 Å². The SMILES string of the molecule is CC(C)c1nc(Oc2cc(C(=O)O)ccc2I)cc(=O)[nH]1. The number of rotatable bonds is 4. The van der Waals surface area contributed by atoms with Crippen molar-refractivity contribution >= 4 is 28.6 Å². The molecule has 0 bridgehead atoms. The van der Waals surface area contributed by atoms with Crippen LogP contribution in [0.1, 0.15) is 35.9 Å². The summed E-state index contributed by atoms with van der Waals surface area (Å²) in [6, 6.07) is 5.76. The number of benzene rings is 1. The van der Waals surface area contributed by atoms with Gasteiger partial charge >= 0.3 is 5.97 Å². The lowest BCUT2D eigenvalue weighted by atomic mass is 10.2. The van der Waals surface area contributed by atoms with Crippen LogP contribution in [-0.4, -0.2) is 21.0 Å². The molecule has 0 aliphatic rings. The van der Waals surface area contributed by atoms with Crippen molar-refractivity contribution in [1.29, 1.82) is 0 Å². The maximum atomic E-state index is 11.6. The van der Waals surface area contributed by atoms with Crippen LogP contribution in [0.25, 0.3) is 0 Å². The Morgan fingerprint density at radius 2 is 2.10 bits per heavy atom. The molecule has 2 rings (SSSR count). The van der Waals surface area contributed by atoms with Gasteiger partial charge in [0.05, 0.1) is 15.2 Å². The number of carbonyl (C=O) groups is 1. The molecule has 0 spiro atoms. The van der Waals surface area contributed by atoms with Crippen molar-refractivity contribution < 1.29 is 14.6 Å². The molecule has 0 saturated heterocycles. The third kappa shape index (κ3) is 3.81. The molecule has 2 aromatic rings. The topological polar surface area (TPSA) is 92.3 Å². The van der Waals surface area contributed by atoms with Crippen LogP contribution in [0.5, 0.6) is 11.6 Å². The first kappa shape index (κ1) is 15.5. The maximum absolute atomic E-state index is 11.6. The van der Waals surface area contributed by atoms with Crippen LogP contribution in [0.15, 0.2) is 29.1 Å². The zero-order valence-electron chi connectivity index (χ0n) is 11.4. The molecule has 0 aliphatic heterocycles. The molecule has 1 heterocycles. The number of aromatic nitrogens is 2. The van der Waals surface area contributed by atoms with Crippen LogP contribution in [0.2, 0.25) is 0 Å². The van der Waals surface area contributed by atoms with Gasteiger partial charge in [0.1, 0.15) is 11.6 Å². The van der Waals surface area contributed by atoms with Crippen molar-refractivity contribution in [2.75, 3.05) is 0 Å². The highest BCUT2D eigenvalue weighted by atomic mass is 127. The van der Waals surface area contributed by atoms with Crippen molar-refractivity contribution in [2.24, 2.45) is 0 Å². The molecule has 0 fully saturated rings. The van der Waals surface area contributed by atoms with Gasteiger partial charge in [-0.3, -0.25) is 4.79 Å². The molecule has 110 valence electrons. The second-order valence-electron chi connectivity index (χ2n) is 4.68. The van der Waals surface area contributed by atoms with E-state index in [1.165, 1.54) is 18.2 Å². The molecule has 0 amide bonds. The number of ether oxygens (including phenoxy) is 1. The summed E-state index contributed by atoms with van der Waals surface area (Å²) >= 11 is 2.03. The van der Waals surface area contributed by atoms with E-state index in [0.717, 1.165) is 3.57 Å². The van der Waals surface area contributed by atoms with Gasteiger partial charge in [-0.25, -0.2) is 4.79 Å². The number of nitrogens with one attached hydrogen (secondary N) is 1. The highest BCUT2D eigenvalue weighted by Gasteiger charge is 2.11. The van der Waals surface area contributed by atoms with E-state index in [-0.39, 0.29) is 22.9 Å². The van der Waals surface area contributed by atoms with Crippen LogP contribution < -0.4 is 10.3 Å². The quantitative estimate of drug-likeness (QED) is 0.770. The standard InChI is InChI=1S/C14H13IN2O4/c1-7(2)13-16-11(18)6-12(17-13)21-10-5-8(14(19)20)3-4-9(10)15/h3-7H,1-2H3,(H,19,20)(H,16,17,18). The van der Waals surface area contributed by atoms with E-state index in [1.807, 2.05) is 36.4 Å². The summed E-state index contributed by atoms with van der Waals surface area (Å²) in [5.41, 5.74) is -0.201. The van der Waals surface area contributed by atoms with Crippen molar-refractivity contribution in [3.63, 3.8) is 0 Å². The number of aromatic amines is 1. The van der Waals surface area contributed by atoms with E-state index in [1.54, 1.807) is 6.07 Å². The first-order valence-electron chi connectivity index (χ1n) is 6.19. The molecule has 0 saturated carbocycles. The van der Waals surface area contributed by atoms with E-state index in [4.69, 9.17) is 9.84 Å². The third-order valence-electron chi connectivity index (χ3n) is 2.68. The highest BCUT2D eigenvalue weighted by Crippen LogP contribution is 2.26. The van der Waals surface area contributed by atoms with Crippen molar-refractivity contribution in [1.82, 2.24) is 9.97 Å². The average molecular weight is 400 g/mol. The predicted molar refractivity (Wildman–Crippen MR) is 85.1 cm³/mol. The molecule has 0 aliphatic carbocycles. The summed E-state index contributed by atoms with van der Waals surface area (Å²) in [6.07, 6.45) is 0. The Labute approximate surface area is 134 Å². The summed E-state index contributed by atoms with van der Waals surface area (Å²) in [5.74, 6) is 0.0109. The Balaban J connectivity index is 2.40. The van der Waals surface area contributed by atoms with Gasteiger partial charge in [0.15, 0.2) is 0 Å². The van der Waals surface area contributed by atoms with E-state index in [9.17, 15) is 9.59 Å². The fourth-order valence-corrected chi connectivity index (χ4v) is 2.05. The summed E-state index contributed by atoms with van der Waals surface area (Å²) in [5, 5.41) is 9.00. The molecule has 0 atom stereocenters. The highest BCUT2D eigenvalue weighted by molar-refractivity contribution is 14.1. The minimum absolute atomic E-state index is 0.0469. The maximum Gasteiger partial charge on any atom is 0.335 e. The van der Waals surface area contributed by atoms with Crippen LogP contribution in [0.3, 0.4) is 0 Å². The third-order valence-corrected chi connectivity index (χ3v) is 3.57. The van der Waals surface area contributed by atoms with Crippen LogP contribution in [-0.2, 0) is 0 Å². The van der Waals surface area contributed by atoms with Gasteiger partial charge in [-0.2, -0.15) is 4.98 Å². The van der Waals surface area contributed by atoms with Crippen LogP contribution >= 0.6 is 22.6 Å². The monoisotopic (exact) mass is 400 g/mol. The smallest absolute Gasteiger partial charge is 0.335 e. The lowest BCUT2D eigenvalue weighted by Gasteiger charge is -2.10. The fraction of sp³-hybridized carbons (Fsp3) is 0.214. The number of hydrogen-bond acceptors (Lipinski definition) is 4. The first-order chi connectivity index (χ1) is 9.86. The zero-order chi connectivity index (χ0) is 15.6. The summed E-state index contributed by atoms with van der Waals surface area (Å²) in [6.45, 7) is 3.80. The summed E-state index contributed by atoms with van der Waals surface area (Å²) in [4.78, 5) is 29.4. The second-order valence-corrected chi connectivity index (χ2v) is 5.84. The molecule has 1 aromatic heterocycles. The number of aromatic carboxylic acids is 1. The number of carboxylic acids is 1. The first-order valence-corrected chi connectivity index (χ1v) is 7.26. The Morgan fingerprint density at radius 1 is 1.38 bits per heavy atom. The summed E-state index contributed by atoms with van der Waals surface area (Å²) in [7, 11) is 0. The lowest BCUT2D eigenvalue weighted by molar-refractivity contribution is 0.0696. The van der Waals surface area contributed by atoms with Gasteiger partial charge in [0.25, 0.3) is 5.56 Å². The molecular weight excluding hydrogens is 387 g/mol. The Morgan fingerprint density at radius 3 is 2.71 bits per heavy atom. The van der Waals surface area contributed by atoms with Crippen LogP contribution in [0.4, 0.5) is 0 Å². The molecule has 0 radical (unpaired) electrons. The molecule has 1 aromatic carbocycles. The molecule has 0 unspecified atom stereocenters. The summed E-state index contributed by atoms with van der Waals surface area (Å²) < 4.78 is 6.30. The molecule has 7 heteroatoms. The molecule has 2 N–H and O–H groups in total. The Kier molecular flexibility index (Phi) is 4.61. The molecular formula is C14H13IN2O4.